The first-order chi connectivity index (χ1) is 7.56. The molecule has 0 bridgehead atoms. The average Bonchev–Trinajstić information content (AvgIpc) is 2.26. The molecule has 0 aliphatic heterocycles. The maximum Gasteiger partial charge on any atom is 0.260 e. The zero-order chi connectivity index (χ0) is 12.3. The van der Waals surface area contributed by atoms with Gasteiger partial charge in [0.2, 0.25) is 0 Å². The molecule has 0 unspecified atom stereocenters. The van der Waals surface area contributed by atoms with E-state index in [1.54, 1.807) is 6.07 Å². The lowest BCUT2D eigenvalue weighted by Gasteiger charge is -2.15. The number of carbonyl (C=O) groups excluding carboxylic acids is 1. The zero-order valence-electron chi connectivity index (χ0n) is 9.59. The molecule has 0 spiro atoms. The van der Waals surface area contributed by atoms with Gasteiger partial charge in [-0.15, -0.1) is 0 Å². The van der Waals surface area contributed by atoms with Crippen molar-refractivity contribution in [2.75, 3.05) is 21.3 Å². The van der Waals surface area contributed by atoms with Crippen LogP contribution in [0.5, 0.6) is 17.2 Å². The summed E-state index contributed by atoms with van der Waals surface area (Å²) < 4.78 is 15.4. The fourth-order valence-corrected chi connectivity index (χ4v) is 1.71. The Morgan fingerprint density at radius 2 is 1.69 bits per heavy atom. The van der Waals surface area contributed by atoms with E-state index in [2.05, 4.69) is 0 Å². The maximum atomic E-state index is 11.3. The van der Waals surface area contributed by atoms with E-state index in [0.717, 1.165) is 5.56 Å². The largest absolute Gasteiger partial charge is 0.496 e. The highest BCUT2D eigenvalue weighted by Crippen LogP contribution is 2.40. The average molecular weight is 245 g/mol. The first-order valence-corrected chi connectivity index (χ1v) is 4.94. The summed E-state index contributed by atoms with van der Waals surface area (Å²) in [5.74, 6) is 1.14. The Bertz CT molecular complexity index is 415. The summed E-state index contributed by atoms with van der Waals surface area (Å²) in [7, 11) is 4.41. The van der Waals surface area contributed by atoms with E-state index >= 15 is 0 Å². The molecule has 1 aromatic rings. The Balaban J connectivity index is 3.59. The summed E-state index contributed by atoms with van der Waals surface area (Å²) in [6.45, 7) is 1.83. The molecular formula is C11H13ClO4. The Kier molecular flexibility index (Phi) is 4.01. The summed E-state index contributed by atoms with van der Waals surface area (Å²) in [6.07, 6.45) is 0. The minimum Gasteiger partial charge on any atom is -0.496 e. The molecule has 0 N–H and O–H groups in total. The van der Waals surface area contributed by atoms with E-state index in [0.29, 0.717) is 17.2 Å². The predicted octanol–water partition coefficient (Wildman–Crippen LogP) is 2.40. The number of ether oxygens (including phenoxy) is 3. The molecule has 88 valence electrons. The van der Waals surface area contributed by atoms with Gasteiger partial charge in [-0.2, -0.15) is 0 Å². The second-order valence-corrected chi connectivity index (χ2v) is 3.45. The van der Waals surface area contributed by atoms with Gasteiger partial charge in [0.1, 0.15) is 11.3 Å². The molecule has 0 radical (unpaired) electrons. The van der Waals surface area contributed by atoms with Gasteiger partial charge in [-0.1, -0.05) is 0 Å². The van der Waals surface area contributed by atoms with Crippen LogP contribution in [-0.4, -0.2) is 26.6 Å². The summed E-state index contributed by atoms with van der Waals surface area (Å²) in [5, 5.41) is -0.646. The van der Waals surface area contributed by atoms with Crippen molar-refractivity contribution in [1.82, 2.24) is 0 Å². The topological polar surface area (TPSA) is 44.8 Å². The van der Waals surface area contributed by atoms with Gasteiger partial charge in [0.25, 0.3) is 5.24 Å². The molecule has 16 heavy (non-hydrogen) atoms. The molecular weight excluding hydrogens is 232 g/mol. The second kappa shape index (κ2) is 5.07. The fraction of sp³-hybridized carbons (Fsp3) is 0.364. The van der Waals surface area contributed by atoms with Gasteiger partial charge < -0.3 is 14.2 Å². The molecule has 0 aliphatic carbocycles. The first-order valence-electron chi connectivity index (χ1n) is 4.56. The van der Waals surface area contributed by atoms with Gasteiger partial charge in [-0.3, -0.25) is 4.79 Å². The predicted molar refractivity (Wildman–Crippen MR) is 61.0 cm³/mol. The second-order valence-electron chi connectivity index (χ2n) is 3.11. The summed E-state index contributed by atoms with van der Waals surface area (Å²) >= 11 is 5.50. The molecule has 1 aromatic carbocycles. The van der Waals surface area contributed by atoms with Crippen LogP contribution >= 0.6 is 11.6 Å². The number of hydrogen-bond donors (Lipinski definition) is 0. The van der Waals surface area contributed by atoms with Crippen LogP contribution in [0.4, 0.5) is 0 Å². The highest BCUT2D eigenvalue weighted by Gasteiger charge is 2.22. The molecule has 0 heterocycles. The lowest BCUT2D eigenvalue weighted by Crippen LogP contribution is -2.03. The Labute approximate surface area is 99.1 Å². The van der Waals surface area contributed by atoms with Gasteiger partial charge in [-0.05, 0) is 30.2 Å². The van der Waals surface area contributed by atoms with E-state index in [1.165, 1.54) is 21.3 Å². The SMILES string of the molecule is COc1cc(C)c(OC)c(OC)c1C(=O)Cl. The Morgan fingerprint density at radius 3 is 2.06 bits per heavy atom. The Hall–Kier alpha value is -1.42. The van der Waals surface area contributed by atoms with Crippen LogP contribution in [0.2, 0.25) is 0 Å². The molecule has 0 aromatic heterocycles. The molecule has 5 heteroatoms. The van der Waals surface area contributed by atoms with Crippen molar-refractivity contribution in [2.24, 2.45) is 0 Å². The highest BCUT2D eigenvalue weighted by molar-refractivity contribution is 6.68. The molecule has 1 rings (SSSR count). The lowest BCUT2D eigenvalue weighted by atomic mass is 10.1. The number of aryl methyl sites for hydroxylation is 1. The van der Waals surface area contributed by atoms with Crippen molar-refractivity contribution in [1.29, 1.82) is 0 Å². The van der Waals surface area contributed by atoms with Gasteiger partial charge in [0.05, 0.1) is 21.3 Å². The Morgan fingerprint density at radius 1 is 1.12 bits per heavy atom. The van der Waals surface area contributed by atoms with E-state index in [9.17, 15) is 4.79 Å². The van der Waals surface area contributed by atoms with Crippen LogP contribution in [0.25, 0.3) is 0 Å². The molecule has 0 fully saturated rings. The van der Waals surface area contributed by atoms with Gasteiger partial charge >= 0.3 is 0 Å². The molecule has 4 nitrogen and oxygen atoms in total. The third-order valence-electron chi connectivity index (χ3n) is 2.21. The van der Waals surface area contributed by atoms with Gasteiger partial charge in [0, 0.05) is 0 Å². The molecule has 0 amide bonds. The van der Waals surface area contributed by atoms with E-state index in [4.69, 9.17) is 25.8 Å². The van der Waals surface area contributed by atoms with Crippen LogP contribution in [0, 0.1) is 6.92 Å². The molecule has 0 aliphatic rings. The van der Waals surface area contributed by atoms with Crippen LogP contribution in [0.3, 0.4) is 0 Å². The summed E-state index contributed by atoms with van der Waals surface area (Å²) in [5.41, 5.74) is 0.979. The smallest absolute Gasteiger partial charge is 0.260 e. The summed E-state index contributed by atoms with van der Waals surface area (Å²) in [4.78, 5) is 11.3. The van der Waals surface area contributed by atoms with Crippen molar-refractivity contribution in [2.45, 2.75) is 6.92 Å². The number of methoxy groups -OCH3 is 3. The fourth-order valence-electron chi connectivity index (χ4n) is 1.53. The third kappa shape index (κ3) is 2.07. The molecule has 0 saturated carbocycles. The van der Waals surface area contributed by atoms with Crippen molar-refractivity contribution < 1.29 is 19.0 Å². The van der Waals surface area contributed by atoms with Crippen LogP contribution in [0.1, 0.15) is 15.9 Å². The molecule has 0 saturated heterocycles. The summed E-state index contributed by atoms with van der Waals surface area (Å²) in [6, 6.07) is 1.68. The number of rotatable bonds is 4. The normalized spacial score (nSPS) is 9.81. The lowest BCUT2D eigenvalue weighted by molar-refractivity contribution is 0.107. The monoisotopic (exact) mass is 244 g/mol. The van der Waals surface area contributed by atoms with E-state index in [-0.39, 0.29) is 5.56 Å². The van der Waals surface area contributed by atoms with Crippen LogP contribution in [0.15, 0.2) is 6.07 Å². The first kappa shape index (κ1) is 12.6. The van der Waals surface area contributed by atoms with Crippen molar-refractivity contribution >= 4 is 16.8 Å². The minimum absolute atomic E-state index is 0.175. The molecule has 0 atom stereocenters. The minimum atomic E-state index is -0.646. The van der Waals surface area contributed by atoms with E-state index in [1.807, 2.05) is 6.92 Å². The quantitative estimate of drug-likeness (QED) is 0.763. The number of carbonyl (C=O) groups is 1. The van der Waals surface area contributed by atoms with Gasteiger partial charge in [0.15, 0.2) is 11.5 Å². The van der Waals surface area contributed by atoms with Gasteiger partial charge in [-0.25, -0.2) is 0 Å². The van der Waals surface area contributed by atoms with Crippen molar-refractivity contribution in [3.63, 3.8) is 0 Å². The number of halogens is 1. The van der Waals surface area contributed by atoms with Crippen molar-refractivity contribution in [3.8, 4) is 17.2 Å². The standard InChI is InChI=1S/C11H13ClO4/c1-6-5-7(14-2)8(11(12)13)10(16-4)9(6)15-3/h5H,1-4H3. The van der Waals surface area contributed by atoms with Crippen LogP contribution < -0.4 is 14.2 Å². The number of benzene rings is 1. The maximum absolute atomic E-state index is 11.3. The van der Waals surface area contributed by atoms with E-state index < -0.39 is 5.24 Å². The van der Waals surface area contributed by atoms with Crippen LogP contribution in [-0.2, 0) is 0 Å². The highest BCUT2D eigenvalue weighted by atomic mass is 35.5. The van der Waals surface area contributed by atoms with Crippen molar-refractivity contribution in [3.05, 3.63) is 17.2 Å². The zero-order valence-corrected chi connectivity index (χ0v) is 10.3. The third-order valence-corrected chi connectivity index (χ3v) is 2.40. The number of hydrogen-bond acceptors (Lipinski definition) is 4.